The summed E-state index contributed by atoms with van der Waals surface area (Å²) in [4.78, 5) is 23.9. The highest BCUT2D eigenvalue weighted by Gasteiger charge is 2.17. The van der Waals surface area contributed by atoms with E-state index in [4.69, 9.17) is 19.7 Å². The lowest BCUT2D eigenvalue weighted by molar-refractivity contribution is -0.160. The number of hydrogen-bond acceptors (Lipinski definition) is 7. The third kappa shape index (κ3) is 22.0. The Kier molecular flexibility index (Phi) is 22.8. The van der Waals surface area contributed by atoms with E-state index in [1.807, 2.05) is 0 Å². The van der Waals surface area contributed by atoms with Crippen LogP contribution < -0.4 is 5.73 Å². The highest BCUT2D eigenvalue weighted by atomic mass is 31.1. The van der Waals surface area contributed by atoms with Gasteiger partial charge in [0.15, 0.2) is 6.10 Å². The molecule has 0 bridgehead atoms. The molecule has 0 amide bonds. The lowest BCUT2D eigenvalue weighted by atomic mass is 10.1. The van der Waals surface area contributed by atoms with Gasteiger partial charge in [-0.15, -0.1) is 0 Å². The van der Waals surface area contributed by atoms with Crippen LogP contribution in [-0.2, 0) is 28.2 Å². The Hall–Kier alpha value is -1.04. The number of ether oxygens (including phenoxy) is 2. The number of carbonyl (C=O) groups is 2. The van der Waals surface area contributed by atoms with Crippen molar-refractivity contribution in [1.82, 2.24) is 0 Å². The van der Waals surface area contributed by atoms with Crippen LogP contribution in [0.15, 0.2) is 0 Å². The predicted molar refractivity (Wildman–Crippen MR) is 123 cm³/mol. The standard InChI is InChI=1S/C23H44NO6P/c1-2-3-4-5-6-7-8-10-14-17-23(26)30-21(20-29-31-27)19-28-22(25)16-13-11-9-12-15-18-24/h21H,2-20,24H2,1H3/t21-/m1/s1. The van der Waals surface area contributed by atoms with E-state index in [2.05, 4.69) is 6.92 Å². The number of carbonyl (C=O) groups excluding carboxylic acids is 2. The normalized spacial score (nSPS) is 12.1. The summed E-state index contributed by atoms with van der Waals surface area (Å²) < 4.78 is 25.9. The van der Waals surface area contributed by atoms with Crippen LogP contribution in [0.4, 0.5) is 0 Å². The van der Waals surface area contributed by atoms with Gasteiger partial charge in [0, 0.05) is 12.8 Å². The second kappa shape index (κ2) is 23.6. The average molecular weight is 462 g/mol. The van der Waals surface area contributed by atoms with E-state index in [1.54, 1.807) is 0 Å². The SMILES string of the molecule is CCCCCCCCCCCC(=O)O[C@@H](COP=O)COC(=O)CCCCCCCN. The van der Waals surface area contributed by atoms with Crippen molar-refractivity contribution in [1.29, 1.82) is 0 Å². The maximum atomic E-state index is 12.1. The molecule has 0 saturated heterocycles. The number of unbranched alkanes of at least 4 members (excludes halogenated alkanes) is 12. The molecular weight excluding hydrogens is 417 g/mol. The fourth-order valence-electron chi connectivity index (χ4n) is 3.26. The molecule has 0 aromatic rings. The van der Waals surface area contributed by atoms with Crippen molar-refractivity contribution in [2.24, 2.45) is 5.73 Å². The van der Waals surface area contributed by atoms with Crippen molar-refractivity contribution < 1.29 is 28.2 Å². The van der Waals surface area contributed by atoms with Crippen LogP contribution in [0.1, 0.15) is 110 Å². The Morgan fingerprint density at radius 1 is 0.742 bits per heavy atom. The smallest absolute Gasteiger partial charge is 0.327 e. The molecule has 8 heteroatoms. The van der Waals surface area contributed by atoms with Gasteiger partial charge < -0.3 is 15.2 Å². The summed E-state index contributed by atoms with van der Waals surface area (Å²) in [6, 6.07) is 0. The number of nitrogens with two attached hydrogens (primary N) is 1. The lowest BCUT2D eigenvalue weighted by Crippen LogP contribution is -2.28. The Morgan fingerprint density at radius 3 is 1.81 bits per heavy atom. The molecule has 7 nitrogen and oxygen atoms in total. The van der Waals surface area contributed by atoms with Crippen LogP contribution in [-0.4, -0.2) is 37.8 Å². The summed E-state index contributed by atoms with van der Waals surface area (Å²) in [5.41, 5.74) is 5.45. The lowest BCUT2D eigenvalue weighted by Gasteiger charge is -2.16. The molecule has 0 saturated carbocycles. The fraction of sp³-hybridized carbons (Fsp3) is 0.913. The highest BCUT2D eigenvalue weighted by molar-refractivity contribution is 7.17. The molecule has 31 heavy (non-hydrogen) atoms. The van der Waals surface area contributed by atoms with Crippen LogP contribution >= 0.6 is 8.69 Å². The highest BCUT2D eigenvalue weighted by Crippen LogP contribution is 2.12. The molecular formula is C23H44NO6P. The Morgan fingerprint density at radius 2 is 1.26 bits per heavy atom. The van der Waals surface area contributed by atoms with Gasteiger partial charge in [0.25, 0.3) is 0 Å². The maximum absolute atomic E-state index is 12.1. The first kappa shape index (κ1) is 30.0. The maximum Gasteiger partial charge on any atom is 0.327 e. The van der Waals surface area contributed by atoms with Gasteiger partial charge in [-0.1, -0.05) is 77.6 Å². The number of rotatable bonds is 23. The first-order valence-electron chi connectivity index (χ1n) is 12.1. The zero-order valence-corrected chi connectivity index (χ0v) is 20.4. The molecule has 0 aromatic carbocycles. The second-order valence-electron chi connectivity index (χ2n) is 8.05. The van der Waals surface area contributed by atoms with Crippen LogP contribution in [0.2, 0.25) is 0 Å². The molecule has 2 N–H and O–H groups in total. The molecule has 0 radical (unpaired) electrons. The fourth-order valence-corrected chi connectivity index (χ4v) is 3.48. The molecule has 0 aliphatic rings. The second-order valence-corrected chi connectivity index (χ2v) is 8.46. The van der Waals surface area contributed by atoms with E-state index in [-0.39, 0.29) is 25.2 Å². The third-order valence-electron chi connectivity index (χ3n) is 5.11. The Bertz CT molecular complexity index is 450. The predicted octanol–water partition coefficient (Wildman–Crippen LogP) is 5.88. The Labute approximate surface area is 190 Å². The zero-order chi connectivity index (χ0) is 23.0. The molecule has 0 spiro atoms. The summed E-state index contributed by atoms with van der Waals surface area (Å²) in [6.45, 7) is 2.77. The van der Waals surface area contributed by atoms with Gasteiger partial charge in [-0.2, -0.15) is 0 Å². The summed E-state index contributed by atoms with van der Waals surface area (Å²) >= 11 is 0. The van der Waals surface area contributed by atoms with Crippen LogP contribution in [0.25, 0.3) is 0 Å². The summed E-state index contributed by atoms with van der Waals surface area (Å²) in [7, 11) is -0.494. The molecule has 0 aromatic heterocycles. The molecule has 0 rings (SSSR count). The molecule has 0 heterocycles. The molecule has 1 atom stereocenters. The molecule has 0 fully saturated rings. The summed E-state index contributed by atoms with van der Waals surface area (Å²) in [5, 5.41) is 0. The third-order valence-corrected chi connectivity index (χ3v) is 5.37. The minimum absolute atomic E-state index is 0.0685. The van der Waals surface area contributed by atoms with E-state index < -0.39 is 14.8 Å². The van der Waals surface area contributed by atoms with Crippen molar-refractivity contribution in [3.05, 3.63) is 0 Å². The van der Waals surface area contributed by atoms with E-state index in [0.29, 0.717) is 19.4 Å². The van der Waals surface area contributed by atoms with E-state index in [0.717, 1.165) is 51.4 Å². The number of hydrogen-bond donors (Lipinski definition) is 1. The minimum Gasteiger partial charge on any atom is -0.462 e. The van der Waals surface area contributed by atoms with Crippen LogP contribution in [0.5, 0.6) is 0 Å². The van der Waals surface area contributed by atoms with Crippen molar-refractivity contribution >= 4 is 20.6 Å². The van der Waals surface area contributed by atoms with Crippen molar-refractivity contribution in [2.75, 3.05) is 19.8 Å². The van der Waals surface area contributed by atoms with E-state index in [1.165, 1.54) is 38.5 Å². The van der Waals surface area contributed by atoms with Gasteiger partial charge in [-0.25, -0.2) is 4.57 Å². The van der Waals surface area contributed by atoms with Gasteiger partial charge in [0.2, 0.25) is 0 Å². The van der Waals surface area contributed by atoms with E-state index in [9.17, 15) is 14.2 Å². The molecule has 0 aliphatic heterocycles. The molecule has 0 aliphatic carbocycles. The summed E-state index contributed by atoms with van der Waals surface area (Å²) in [5.74, 6) is -0.659. The van der Waals surface area contributed by atoms with Crippen molar-refractivity contribution in [3.63, 3.8) is 0 Å². The van der Waals surface area contributed by atoms with Gasteiger partial charge in [-0.05, 0) is 25.8 Å². The minimum atomic E-state index is -0.735. The number of esters is 2. The van der Waals surface area contributed by atoms with Gasteiger partial charge in [-0.3, -0.25) is 14.1 Å². The van der Waals surface area contributed by atoms with Gasteiger partial charge in [0.05, 0.1) is 0 Å². The van der Waals surface area contributed by atoms with Crippen LogP contribution in [0.3, 0.4) is 0 Å². The Balaban J connectivity index is 3.90. The topological polar surface area (TPSA) is 105 Å². The van der Waals surface area contributed by atoms with Crippen molar-refractivity contribution in [2.45, 2.75) is 116 Å². The van der Waals surface area contributed by atoms with E-state index >= 15 is 0 Å². The van der Waals surface area contributed by atoms with Gasteiger partial charge in [0.1, 0.15) is 13.2 Å². The van der Waals surface area contributed by atoms with Gasteiger partial charge >= 0.3 is 20.6 Å². The monoisotopic (exact) mass is 461 g/mol. The molecule has 0 unspecified atom stereocenters. The first-order chi connectivity index (χ1) is 15.1. The summed E-state index contributed by atoms with van der Waals surface area (Å²) in [6.07, 6.45) is 15.4. The van der Waals surface area contributed by atoms with Crippen LogP contribution in [0, 0.1) is 0 Å². The first-order valence-corrected chi connectivity index (χ1v) is 12.9. The average Bonchev–Trinajstić information content (AvgIpc) is 2.76. The largest absolute Gasteiger partial charge is 0.462 e. The van der Waals surface area contributed by atoms with Crippen molar-refractivity contribution in [3.8, 4) is 0 Å². The quantitative estimate of drug-likeness (QED) is 0.115. The molecule has 182 valence electrons. The zero-order valence-electron chi connectivity index (χ0n) is 19.5.